The lowest BCUT2D eigenvalue weighted by atomic mass is 9.81. The van der Waals surface area contributed by atoms with E-state index in [1.165, 1.54) is 0 Å². The van der Waals surface area contributed by atoms with Crippen molar-refractivity contribution >= 4 is 17.8 Å². The number of rotatable bonds is 4. The summed E-state index contributed by atoms with van der Waals surface area (Å²) in [5, 5.41) is 12.5. The van der Waals surface area contributed by atoms with E-state index in [4.69, 9.17) is 0 Å². The maximum atomic E-state index is 12.4. The third-order valence-electron chi connectivity index (χ3n) is 5.29. The average molecular weight is 332 g/mol. The van der Waals surface area contributed by atoms with E-state index in [0.717, 1.165) is 24.2 Å². The van der Waals surface area contributed by atoms with Crippen LogP contribution in [0.15, 0.2) is 18.3 Å². The van der Waals surface area contributed by atoms with E-state index in [9.17, 15) is 14.7 Å². The second kappa shape index (κ2) is 6.30. The second-order valence-electron chi connectivity index (χ2n) is 7.01. The van der Waals surface area contributed by atoms with Crippen LogP contribution in [0, 0.1) is 11.3 Å². The van der Waals surface area contributed by atoms with E-state index < -0.39 is 11.4 Å². The van der Waals surface area contributed by atoms with Crippen molar-refractivity contribution in [1.29, 1.82) is 0 Å². The summed E-state index contributed by atoms with van der Waals surface area (Å²) < 4.78 is 0. The predicted octanol–water partition coefficient (Wildman–Crippen LogP) is 1.54. The summed E-state index contributed by atoms with van der Waals surface area (Å²) in [6.45, 7) is 1.24. The van der Waals surface area contributed by atoms with Crippen LogP contribution in [0.25, 0.3) is 0 Å². The lowest BCUT2D eigenvalue weighted by Crippen LogP contribution is -2.41. The fraction of sp³-hybridized carbons (Fsp3) is 0.588. The molecule has 1 saturated carbocycles. The minimum atomic E-state index is -0.760. The first kappa shape index (κ1) is 16.5. The van der Waals surface area contributed by atoms with Crippen LogP contribution < -0.4 is 10.2 Å². The number of aromatic nitrogens is 1. The van der Waals surface area contributed by atoms with E-state index in [1.54, 1.807) is 11.1 Å². The Morgan fingerprint density at radius 3 is 2.83 bits per heavy atom. The maximum absolute atomic E-state index is 12.4. The summed E-state index contributed by atoms with van der Waals surface area (Å²) in [7, 11) is 3.85. The van der Waals surface area contributed by atoms with E-state index in [1.807, 2.05) is 31.1 Å². The first-order chi connectivity index (χ1) is 11.4. The van der Waals surface area contributed by atoms with Gasteiger partial charge in [-0.05, 0) is 30.4 Å². The molecule has 0 unspecified atom stereocenters. The highest BCUT2D eigenvalue weighted by atomic mass is 16.4. The molecule has 2 aliphatic rings. The van der Waals surface area contributed by atoms with Crippen molar-refractivity contribution in [3.63, 3.8) is 0 Å². The third-order valence-corrected chi connectivity index (χ3v) is 5.29. The molecule has 0 radical (unpaired) electrons. The molecule has 24 heavy (non-hydrogen) atoms. The summed E-state index contributed by atoms with van der Waals surface area (Å²) in [6, 6.07) is 3.64. The van der Waals surface area contributed by atoms with Crippen LogP contribution in [0.2, 0.25) is 0 Å². The topological polar surface area (TPSA) is 85.8 Å². The van der Waals surface area contributed by atoms with Crippen molar-refractivity contribution in [2.75, 3.05) is 32.1 Å². The fourth-order valence-electron chi connectivity index (χ4n) is 3.87. The number of hydrogen-bond donors (Lipinski definition) is 2. The molecule has 2 N–H and O–H groups in total. The van der Waals surface area contributed by atoms with Crippen molar-refractivity contribution in [2.45, 2.75) is 25.8 Å². The van der Waals surface area contributed by atoms with E-state index in [-0.39, 0.29) is 11.9 Å². The van der Waals surface area contributed by atoms with Gasteiger partial charge in [-0.2, -0.15) is 0 Å². The Kier molecular flexibility index (Phi) is 4.34. The number of carbonyl (C=O) groups excluding carboxylic acids is 1. The van der Waals surface area contributed by atoms with Crippen LogP contribution in [-0.4, -0.2) is 54.2 Å². The van der Waals surface area contributed by atoms with E-state index in [2.05, 4.69) is 10.3 Å². The first-order valence-corrected chi connectivity index (χ1v) is 8.31. The van der Waals surface area contributed by atoms with Gasteiger partial charge in [-0.25, -0.2) is 9.78 Å². The van der Waals surface area contributed by atoms with Crippen LogP contribution in [0.1, 0.15) is 24.8 Å². The Labute approximate surface area is 141 Å². The number of carboxylic acid groups (broad SMARTS) is 1. The molecular formula is C17H24N4O3. The summed E-state index contributed by atoms with van der Waals surface area (Å²) in [5.41, 5.74) is 0.188. The van der Waals surface area contributed by atoms with Crippen LogP contribution >= 0.6 is 0 Å². The number of urea groups is 1. The highest BCUT2D eigenvalue weighted by Gasteiger charge is 2.55. The molecule has 1 aliphatic heterocycles. The summed E-state index contributed by atoms with van der Waals surface area (Å²) in [6.07, 6.45) is 4.25. The van der Waals surface area contributed by atoms with Gasteiger partial charge in [-0.1, -0.05) is 12.5 Å². The van der Waals surface area contributed by atoms with Crippen molar-refractivity contribution in [2.24, 2.45) is 11.3 Å². The lowest BCUT2D eigenvalue weighted by molar-refractivity contribution is -0.149. The lowest BCUT2D eigenvalue weighted by Gasteiger charge is -2.23. The van der Waals surface area contributed by atoms with Crippen molar-refractivity contribution in [3.8, 4) is 0 Å². The van der Waals surface area contributed by atoms with Gasteiger partial charge < -0.3 is 20.2 Å². The molecule has 1 saturated heterocycles. The van der Waals surface area contributed by atoms with Gasteiger partial charge in [0, 0.05) is 39.9 Å². The average Bonchev–Trinajstić information content (AvgIpc) is 3.11. The molecule has 130 valence electrons. The molecule has 7 heteroatoms. The Balaban J connectivity index is 1.57. The van der Waals surface area contributed by atoms with Gasteiger partial charge in [0.25, 0.3) is 0 Å². The molecule has 1 aliphatic carbocycles. The Hall–Kier alpha value is -2.31. The molecule has 0 bridgehead atoms. The van der Waals surface area contributed by atoms with E-state index >= 15 is 0 Å². The number of nitrogens with one attached hydrogen (secondary N) is 1. The highest BCUT2D eigenvalue weighted by Crippen LogP contribution is 2.48. The summed E-state index contributed by atoms with van der Waals surface area (Å²) >= 11 is 0. The van der Waals surface area contributed by atoms with Gasteiger partial charge in [0.1, 0.15) is 5.82 Å². The Bertz CT molecular complexity index is 631. The van der Waals surface area contributed by atoms with Crippen molar-refractivity contribution in [1.82, 2.24) is 15.2 Å². The molecule has 3 rings (SSSR count). The third kappa shape index (κ3) is 2.90. The SMILES string of the molecule is CN(C)c1ccc(CNC(=O)N2C[C@@H]3CCC[C@@]3(C(=O)O)C2)cn1. The zero-order valence-corrected chi connectivity index (χ0v) is 14.2. The molecule has 2 atom stereocenters. The monoisotopic (exact) mass is 332 g/mol. The molecule has 0 aromatic carbocycles. The van der Waals surface area contributed by atoms with Crippen molar-refractivity contribution in [3.05, 3.63) is 23.9 Å². The fourth-order valence-corrected chi connectivity index (χ4v) is 3.87. The number of fused-ring (bicyclic) bond motifs is 1. The molecule has 1 aromatic rings. The quantitative estimate of drug-likeness (QED) is 0.873. The highest BCUT2D eigenvalue weighted by molar-refractivity contribution is 5.80. The van der Waals surface area contributed by atoms with Crippen LogP contribution in [0.5, 0.6) is 0 Å². The zero-order chi connectivity index (χ0) is 17.3. The maximum Gasteiger partial charge on any atom is 0.317 e. The Morgan fingerprint density at radius 1 is 1.46 bits per heavy atom. The standard InChI is InChI=1S/C17H24N4O3/c1-20(2)14-6-5-12(8-18-14)9-19-16(24)21-10-13-4-3-7-17(13,11-21)15(22)23/h5-6,8,13H,3-4,7,9-11H2,1-2H3,(H,19,24)(H,22,23)/t13-,17+/m0/s1. The molecule has 2 amide bonds. The largest absolute Gasteiger partial charge is 0.481 e. The zero-order valence-electron chi connectivity index (χ0n) is 14.2. The molecule has 0 spiro atoms. The first-order valence-electron chi connectivity index (χ1n) is 8.31. The second-order valence-corrected chi connectivity index (χ2v) is 7.01. The number of pyridine rings is 1. The molecule has 7 nitrogen and oxygen atoms in total. The van der Waals surface area contributed by atoms with Gasteiger partial charge in [0.05, 0.1) is 5.41 Å². The molecule has 1 aromatic heterocycles. The number of hydrogen-bond acceptors (Lipinski definition) is 4. The summed E-state index contributed by atoms with van der Waals surface area (Å²) in [4.78, 5) is 31.9. The van der Waals surface area contributed by atoms with Gasteiger partial charge in [-0.3, -0.25) is 4.79 Å². The van der Waals surface area contributed by atoms with Gasteiger partial charge >= 0.3 is 12.0 Å². The van der Waals surface area contributed by atoms with E-state index in [0.29, 0.717) is 26.1 Å². The molecular weight excluding hydrogens is 308 g/mol. The predicted molar refractivity (Wildman–Crippen MR) is 89.8 cm³/mol. The Morgan fingerprint density at radius 2 is 2.25 bits per heavy atom. The number of aliphatic carboxylic acids is 1. The normalized spacial score (nSPS) is 25.4. The van der Waals surface area contributed by atoms with Gasteiger partial charge in [0.15, 0.2) is 0 Å². The number of anilines is 1. The van der Waals surface area contributed by atoms with Crippen LogP contribution in [0.4, 0.5) is 10.6 Å². The smallest absolute Gasteiger partial charge is 0.317 e. The molecule has 2 heterocycles. The van der Waals surface area contributed by atoms with Crippen LogP contribution in [-0.2, 0) is 11.3 Å². The minimum absolute atomic E-state index is 0.0850. The number of amides is 2. The minimum Gasteiger partial charge on any atom is -0.481 e. The van der Waals surface area contributed by atoms with Crippen LogP contribution in [0.3, 0.4) is 0 Å². The van der Waals surface area contributed by atoms with Gasteiger partial charge in [0.2, 0.25) is 0 Å². The number of carboxylic acids is 1. The number of nitrogens with zero attached hydrogens (tertiary/aromatic N) is 3. The van der Waals surface area contributed by atoms with Gasteiger partial charge in [-0.15, -0.1) is 0 Å². The molecule has 2 fully saturated rings. The number of carbonyl (C=O) groups is 2. The van der Waals surface area contributed by atoms with Crippen molar-refractivity contribution < 1.29 is 14.7 Å². The number of likely N-dealkylation sites (tertiary alicyclic amines) is 1. The summed E-state index contributed by atoms with van der Waals surface area (Å²) in [5.74, 6) is 0.186.